The molecule has 4 heterocycles. The highest BCUT2D eigenvalue weighted by Crippen LogP contribution is 2.28. The first-order chi connectivity index (χ1) is 15.7. The van der Waals surface area contributed by atoms with Gasteiger partial charge in [-0.1, -0.05) is 0 Å². The van der Waals surface area contributed by atoms with Crippen LogP contribution >= 0.6 is 0 Å². The predicted octanol–water partition coefficient (Wildman–Crippen LogP) is 3.46. The molecule has 1 N–H and O–H groups in total. The Kier molecular flexibility index (Phi) is 5.49. The monoisotopic (exact) mass is 430 g/mol. The lowest BCUT2D eigenvalue weighted by atomic mass is 9.97. The van der Waals surface area contributed by atoms with Crippen LogP contribution in [0.25, 0.3) is 16.8 Å². The predicted molar refractivity (Wildman–Crippen MR) is 119 cm³/mol. The molecule has 7 nitrogen and oxygen atoms in total. The lowest BCUT2D eigenvalue weighted by Crippen LogP contribution is -2.43. The first kappa shape index (κ1) is 20.1. The van der Waals surface area contributed by atoms with Gasteiger partial charge in [0.2, 0.25) is 5.91 Å². The maximum absolute atomic E-state index is 13.3. The lowest BCUT2D eigenvalue weighted by molar-refractivity contribution is -0.125. The summed E-state index contributed by atoms with van der Waals surface area (Å²) in [6, 6.07) is 12.1. The van der Waals surface area contributed by atoms with Gasteiger partial charge in [-0.15, -0.1) is 0 Å². The third-order valence-electron chi connectivity index (χ3n) is 5.82. The summed E-state index contributed by atoms with van der Waals surface area (Å²) in [5, 5.41) is 7.67. The summed E-state index contributed by atoms with van der Waals surface area (Å²) >= 11 is 0. The first-order valence-corrected chi connectivity index (χ1v) is 10.7. The molecule has 1 saturated heterocycles. The van der Waals surface area contributed by atoms with Crippen LogP contribution in [0, 0.1) is 11.7 Å². The summed E-state index contributed by atoms with van der Waals surface area (Å²) in [6.07, 6.45) is 8.73. The van der Waals surface area contributed by atoms with Gasteiger partial charge in [0.1, 0.15) is 11.3 Å². The number of pyridine rings is 1. The van der Waals surface area contributed by atoms with Gasteiger partial charge in [-0.2, -0.15) is 5.10 Å². The van der Waals surface area contributed by atoms with Gasteiger partial charge >= 0.3 is 0 Å². The molecular weight excluding hydrogens is 407 g/mol. The molecule has 1 fully saturated rings. The zero-order valence-corrected chi connectivity index (χ0v) is 17.5. The number of nitrogens with zero attached hydrogens (tertiary/aromatic N) is 5. The van der Waals surface area contributed by atoms with E-state index in [1.54, 1.807) is 41.4 Å². The SMILES string of the molecule is O=C(NCc1ccncc1)[C@H]1CCCN(c2nccn3nc(-c4ccc(F)cc4)cc23)C1. The van der Waals surface area contributed by atoms with E-state index < -0.39 is 0 Å². The van der Waals surface area contributed by atoms with Crippen molar-refractivity contribution in [3.63, 3.8) is 0 Å². The van der Waals surface area contributed by atoms with E-state index in [1.807, 2.05) is 18.2 Å². The Morgan fingerprint density at radius 2 is 1.94 bits per heavy atom. The zero-order valence-electron chi connectivity index (χ0n) is 17.5. The fraction of sp³-hybridized carbons (Fsp3) is 0.250. The highest BCUT2D eigenvalue weighted by Gasteiger charge is 2.27. The van der Waals surface area contributed by atoms with E-state index in [0.29, 0.717) is 13.1 Å². The van der Waals surface area contributed by atoms with Crippen molar-refractivity contribution in [2.75, 3.05) is 18.0 Å². The maximum atomic E-state index is 13.3. The minimum absolute atomic E-state index is 0.0546. The van der Waals surface area contributed by atoms with E-state index in [4.69, 9.17) is 0 Å². The van der Waals surface area contributed by atoms with Crippen LogP contribution in [0.2, 0.25) is 0 Å². The van der Waals surface area contributed by atoms with Crippen molar-refractivity contribution in [3.05, 3.63) is 78.6 Å². The number of piperidine rings is 1. The number of carbonyl (C=O) groups is 1. The number of hydrogen-bond donors (Lipinski definition) is 1. The van der Waals surface area contributed by atoms with Crippen LogP contribution < -0.4 is 10.2 Å². The van der Waals surface area contributed by atoms with Crippen LogP contribution in [0.15, 0.2) is 67.3 Å². The van der Waals surface area contributed by atoms with Gasteiger partial charge in [0.05, 0.1) is 11.6 Å². The number of anilines is 1. The molecule has 1 amide bonds. The quantitative estimate of drug-likeness (QED) is 0.525. The number of hydrogen-bond acceptors (Lipinski definition) is 5. The Bertz CT molecular complexity index is 1220. The summed E-state index contributed by atoms with van der Waals surface area (Å²) in [7, 11) is 0. The number of halogens is 1. The molecule has 1 aliphatic rings. The van der Waals surface area contributed by atoms with Crippen molar-refractivity contribution in [2.24, 2.45) is 5.92 Å². The second-order valence-corrected chi connectivity index (χ2v) is 7.98. The average Bonchev–Trinajstić information content (AvgIpc) is 3.28. The van der Waals surface area contributed by atoms with Crippen molar-refractivity contribution < 1.29 is 9.18 Å². The minimum atomic E-state index is -0.276. The van der Waals surface area contributed by atoms with Crippen LogP contribution in [-0.2, 0) is 11.3 Å². The molecule has 8 heteroatoms. The maximum Gasteiger partial charge on any atom is 0.225 e. The highest BCUT2D eigenvalue weighted by molar-refractivity contribution is 5.80. The summed E-state index contributed by atoms with van der Waals surface area (Å²) in [6.45, 7) is 1.93. The van der Waals surface area contributed by atoms with Gasteiger partial charge in [0.15, 0.2) is 5.82 Å². The largest absolute Gasteiger partial charge is 0.354 e. The molecule has 32 heavy (non-hydrogen) atoms. The lowest BCUT2D eigenvalue weighted by Gasteiger charge is -2.33. The van der Waals surface area contributed by atoms with Crippen LogP contribution in [0.1, 0.15) is 18.4 Å². The van der Waals surface area contributed by atoms with E-state index >= 15 is 0 Å². The second-order valence-electron chi connectivity index (χ2n) is 7.98. The van der Waals surface area contributed by atoms with E-state index in [0.717, 1.165) is 47.5 Å². The standard InChI is InChI=1S/C24H23FN6O/c25-20-5-3-18(4-6-20)21-14-22-23(27-11-13-31(22)29-21)30-12-1-2-19(16-30)24(32)28-15-17-7-9-26-10-8-17/h3-11,13-14,19H,1-2,12,15-16H2,(H,28,32)/t19-/m0/s1. The van der Waals surface area contributed by atoms with Gasteiger partial charge in [0, 0.05) is 50.0 Å². The third-order valence-corrected chi connectivity index (χ3v) is 5.82. The normalized spacial score (nSPS) is 16.3. The molecule has 0 aliphatic carbocycles. The van der Waals surface area contributed by atoms with Gasteiger partial charge in [-0.3, -0.25) is 9.78 Å². The van der Waals surface area contributed by atoms with E-state index in [1.165, 1.54) is 12.1 Å². The van der Waals surface area contributed by atoms with Crippen molar-refractivity contribution >= 4 is 17.2 Å². The van der Waals surface area contributed by atoms with E-state index in [-0.39, 0.29) is 17.6 Å². The Morgan fingerprint density at radius 1 is 1.12 bits per heavy atom. The van der Waals surface area contributed by atoms with Crippen molar-refractivity contribution in [1.29, 1.82) is 0 Å². The molecule has 5 rings (SSSR count). The molecule has 0 saturated carbocycles. The highest BCUT2D eigenvalue weighted by atomic mass is 19.1. The van der Waals surface area contributed by atoms with Gasteiger partial charge in [-0.25, -0.2) is 13.9 Å². The number of benzene rings is 1. The fourth-order valence-corrected chi connectivity index (χ4v) is 4.13. The summed E-state index contributed by atoms with van der Waals surface area (Å²) in [5.41, 5.74) is 3.49. The van der Waals surface area contributed by atoms with Crippen molar-refractivity contribution in [2.45, 2.75) is 19.4 Å². The molecule has 0 bridgehead atoms. The number of carbonyl (C=O) groups excluding carboxylic acids is 1. The zero-order chi connectivity index (χ0) is 21.9. The van der Waals surface area contributed by atoms with Crippen LogP contribution in [0.5, 0.6) is 0 Å². The van der Waals surface area contributed by atoms with Crippen molar-refractivity contribution in [3.8, 4) is 11.3 Å². The molecule has 0 unspecified atom stereocenters. The number of amides is 1. The van der Waals surface area contributed by atoms with Gasteiger partial charge in [0.25, 0.3) is 0 Å². The number of fused-ring (bicyclic) bond motifs is 1. The molecule has 162 valence electrons. The molecule has 0 spiro atoms. The average molecular weight is 430 g/mol. The number of aromatic nitrogens is 4. The summed E-state index contributed by atoms with van der Waals surface area (Å²) in [5.74, 6) is 0.479. The van der Waals surface area contributed by atoms with Crippen LogP contribution in [0.3, 0.4) is 0 Å². The fourth-order valence-electron chi connectivity index (χ4n) is 4.13. The summed E-state index contributed by atoms with van der Waals surface area (Å²) in [4.78, 5) is 23.6. The van der Waals surface area contributed by atoms with Gasteiger partial charge < -0.3 is 10.2 Å². The first-order valence-electron chi connectivity index (χ1n) is 10.7. The van der Waals surface area contributed by atoms with E-state index in [2.05, 4.69) is 25.3 Å². The molecule has 1 atom stereocenters. The third kappa shape index (κ3) is 4.16. The Hall–Kier alpha value is -3.81. The second kappa shape index (κ2) is 8.74. The van der Waals surface area contributed by atoms with E-state index in [9.17, 15) is 9.18 Å². The molecule has 4 aromatic rings. The summed E-state index contributed by atoms with van der Waals surface area (Å²) < 4.78 is 15.1. The Morgan fingerprint density at radius 3 is 2.75 bits per heavy atom. The van der Waals surface area contributed by atoms with Crippen LogP contribution in [0.4, 0.5) is 10.2 Å². The molecular formula is C24H23FN6O. The Balaban J connectivity index is 1.34. The molecule has 1 aliphatic heterocycles. The van der Waals surface area contributed by atoms with Crippen LogP contribution in [-0.4, -0.2) is 38.6 Å². The minimum Gasteiger partial charge on any atom is -0.354 e. The van der Waals surface area contributed by atoms with Crippen molar-refractivity contribution in [1.82, 2.24) is 24.9 Å². The number of nitrogens with one attached hydrogen (secondary N) is 1. The molecule has 3 aromatic heterocycles. The molecule has 0 radical (unpaired) electrons. The topological polar surface area (TPSA) is 75.4 Å². The van der Waals surface area contributed by atoms with Gasteiger partial charge in [-0.05, 0) is 60.9 Å². The number of rotatable bonds is 5. The smallest absolute Gasteiger partial charge is 0.225 e. The Labute approximate surface area is 184 Å². The molecule has 1 aromatic carbocycles.